The summed E-state index contributed by atoms with van der Waals surface area (Å²) in [4.78, 5) is 16.8. The summed E-state index contributed by atoms with van der Waals surface area (Å²) in [5.74, 6) is 1.12. The van der Waals surface area contributed by atoms with Crippen molar-refractivity contribution in [2.45, 2.75) is 58.5 Å². The normalized spacial score (nSPS) is 16.1. The lowest BCUT2D eigenvalue weighted by Crippen LogP contribution is -2.48. The van der Waals surface area contributed by atoms with Gasteiger partial charge in [0, 0.05) is 23.6 Å². The quantitative estimate of drug-likeness (QED) is 0.755. The molecule has 1 amide bonds. The molecule has 28 heavy (non-hydrogen) atoms. The minimum Gasteiger partial charge on any atom is -0.420 e. The molecule has 2 heterocycles. The van der Waals surface area contributed by atoms with Gasteiger partial charge in [-0.05, 0) is 77.9 Å². The lowest BCUT2D eigenvalue weighted by molar-refractivity contribution is -0.136. The molecule has 0 saturated carbocycles. The van der Waals surface area contributed by atoms with Crippen LogP contribution in [-0.4, -0.2) is 57.6 Å². The highest BCUT2D eigenvalue weighted by molar-refractivity contribution is 5.78. The van der Waals surface area contributed by atoms with Crippen LogP contribution < -0.4 is 0 Å². The predicted molar refractivity (Wildman–Crippen MR) is 105 cm³/mol. The zero-order valence-electron chi connectivity index (χ0n) is 17.1. The molecule has 0 atom stereocenters. The Morgan fingerprint density at radius 3 is 2.32 bits per heavy atom. The van der Waals surface area contributed by atoms with Crippen molar-refractivity contribution in [3.63, 3.8) is 0 Å². The van der Waals surface area contributed by atoms with Crippen molar-refractivity contribution in [1.82, 2.24) is 20.0 Å². The number of carbonyl (C=O) groups is 1. The fraction of sp³-hybridized carbons (Fsp3) is 0.571. The van der Waals surface area contributed by atoms with Gasteiger partial charge in [0.1, 0.15) is 5.82 Å². The van der Waals surface area contributed by atoms with E-state index in [-0.39, 0.29) is 29.7 Å². The first-order valence-electron chi connectivity index (χ1n) is 9.98. The van der Waals surface area contributed by atoms with E-state index in [0.717, 1.165) is 25.9 Å². The molecule has 3 rings (SSSR count). The Labute approximate surface area is 165 Å². The molecule has 0 spiro atoms. The van der Waals surface area contributed by atoms with Gasteiger partial charge in [0.2, 0.25) is 17.7 Å². The van der Waals surface area contributed by atoms with Gasteiger partial charge in [0.25, 0.3) is 0 Å². The fourth-order valence-electron chi connectivity index (χ4n) is 3.89. The van der Waals surface area contributed by atoms with Crippen molar-refractivity contribution in [1.29, 1.82) is 0 Å². The number of piperidine rings is 1. The van der Waals surface area contributed by atoms with Crippen LogP contribution in [0.5, 0.6) is 0 Å². The van der Waals surface area contributed by atoms with E-state index < -0.39 is 0 Å². The molecule has 7 heteroatoms. The standard InChI is InChI=1S/C21H29FN4O2/c1-14(2)26(15(3)4)19(27)13-25-11-9-17(10-12-25)21-24-23-20(28-21)16-5-7-18(22)8-6-16/h5-8,14-15,17H,9-13H2,1-4H3. The minimum atomic E-state index is -0.293. The first kappa shape index (κ1) is 20.5. The van der Waals surface area contributed by atoms with Gasteiger partial charge in [0.05, 0.1) is 6.54 Å². The van der Waals surface area contributed by atoms with Crippen molar-refractivity contribution in [3.05, 3.63) is 36.0 Å². The van der Waals surface area contributed by atoms with Crippen molar-refractivity contribution in [2.75, 3.05) is 19.6 Å². The number of carbonyl (C=O) groups excluding carboxylic acids is 1. The van der Waals surface area contributed by atoms with Gasteiger partial charge in [-0.15, -0.1) is 10.2 Å². The second-order valence-corrected chi connectivity index (χ2v) is 7.99. The Balaban J connectivity index is 1.56. The maximum Gasteiger partial charge on any atom is 0.247 e. The highest BCUT2D eigenvalue weighted by Crippen LogP contribution is 2.29. The zero-order chi connectivity index (χ0) is 20.3. The third kappa shape index (κ3) is 4.76. The number of hydrogen-bond acceptors (Lipinski definition) is 5. The Bertz CT molecular complexity index is 772. The third-order valence-corrected chi connectivity index (χ3v) is 5.23. The van der Waals surface area contributed by atoms with Crippen LogP contribution >= 0.6 is 0 Å². The van der Waals surface area contributed by atoms with E-state index in [1.807, 2.05) is 4.90 Å². The van der Waals surface area contributed by atoms with E-state index in [2.05, 4.69) is 42.8 Å². The van der Waals surface area contributed by atoms with Crippen LogP contribution in [0.4, 0.5) is 4.39 Å². The van der Waals surface area contributed by atoms with Gasteiger partial charge in [-0.2, -0.15) is 0 Å². The molecule has 1 saturated heterocycles. The number of amides is 1. The summed E-state index contributed by atoms with van der Waals surface area (Å²) < 4.78 is 18.9. The number of nitrogens with zero attached hydrogens (tertiary/aromatic N) is 4. The summed E-state index contributed by atoms with van der Waals surface area (Å²) in [6.07, 6.45) is 1.75. The topological polar surface area (TPSA) is 62.5 Å². The van der Waals surface area contributed by atoms with Crippen molar-refractivity contribution >= 4 is 5.91 Å². The molecular weight excluding hydrogens is 359 g/mol. The molecule has 0 unspecified atom stereocenters. The summed E-state index contributed by atoms with van der Waals surface area (Å²) in [5.41, 5.74) is 0.714. The van der Waals surface area contributed by atoms with Crippen LogP contribution in [0.3, 0.4) is 0 Å². The molecule has 152 valence electrons. The Kier molecular flexibility index (Phi) is 6.44. The van der Waals surface area contributed by atoms with E-state index in [9.17, 15) is 9.18 Å². The smallest absolute Gasteiger partial charge is 0.247 e. The van der Waals surface area contributed by atoms with Gasteiger partial charge in [-0.25, -0.2) is 4.39 Å². The lowest BCUT2D eigenvalue weighted by atomic mass is 9.97. The van der Waals surface area contributed by atoms with Crippen LogP contribution in [0.15, 0.2) is 28.7 Å². The molecule has 6 nitrogen and oxygen atoms in total. The first-order chi connectivity index (χ1) is 13.3. The molecule has 1 aromatic carbocycles. The molecule has 1 aliphatic heterocycles. The van der Waals surface area contributed by atoms with Crippen LogP contribution in [-0.2, 0) is 4.79 Å². The second kappa shape index (κ2) is 8.82. The number of likely N-dealkylation sites (tertiary alicyclic amines) is 1. The first-order valence-corrected chi connectivity index (χ1v) is 9.98. The number of benzene rings is 1. The van der Waals surface area contributed by atoms with Crippen molar-refractivity contribution in [2.24, 2.45) is 0 Å². The summed E-state index contributed by atoms with van der Waals surface area (Å²) in [7, 11) is 0. The van der Waals surface area contributed by atoms with E-state index in [1.165, 1.54) is 12.1 Å². The van der Waals surface area contributed by atoms with Crippen molar-refractivity contribution < 1.29 is 13.6 Å². The predicted octanol–water partition coefficient (Wildman–Crippen LogP) is 3.70. The zero-order valence-corrected chi connectivity index (χ0v) is 17.1. The molecule has 0 aliphatic carbocycles. The second-order valence-electron chi connectivity index (χ2n) is 7.99. The summed E-state index contributed by atoms with van der Waals surface area (Å²) in [6.45, 7) is 10.3. The largest absolute Gasteiger partial charge is 0.420 e. The SMILES string of the molecule is CC(C)N(C(=O)CN1CCC(c2nnc(-c3ccc(F)cc3)o2)CC1)C(C)C. The van der Waals surface area contributed by atoms with Gasteiger partial charge in [-0.1, -0.05) is 0 Å². The van der Waals surface area contributed by atoms with Gasteiger partial charge >= 0.3 is 0 Å². The molecule has 0 radical (unpaired) electrons. The van der Waals surface area contributed by atoms with E-state index in [4.69, 9.17) is 4.42 Å². The van der Waals surface area contributed by atoms with Gasteiger partial charge in [0.15, 0.2) is 0 Å². The van der Waals surface area contributed by atoms with Crippen molar-refractivity contribution in [3.8, 4) is 11.5 Å². The highest BCUT2D eigenvalue weighted by atomic mass is 19.1. The average molecular weight is 388 g/mol. The fourth-order valence-corrected chi connectivity index (χ4v) is 3.89. The monoisotopic (exact) mass is 388 g/mol. The van der Waals surface area contributed by atoms with Crippen LogP contribution in [0.25, 0.3) is 11.5 Å². The van der Waals surface area contributed by atoms with Crippen LogP contribution in [0.2, 0.25) is 0 Å². The lowest BCUT2D eigenvalue weighted by Gasteiger charge is -2.35. The Morgan fingerprint density at radius 1 is 1.14 bits per heavy atom. The minimum absolute atomic E-state index is 0.180. The van der Waals surface area contributed by atoms with Crippen LogP contribution in [0, 0.1) is 5.82 Å². The number of aromatic nitrogens is 2. The average Bonchev–Trinajstić information content (AvgIpc) is 3.12. The maximum absolute atomic E-state index is 13.1. The molecule has 1 fully saturated rings. The number of halogens is 1. The Hall–Kier alpha value is -2.28. The van der Waals surface area contributed by atoms with E-state index in [0.29, 0.717) is 23.9 Å². The summed E-state index contributed by atoms with van der Waals surface area (Å²) in [5, 5.41) is 8.30. The molecule has 1 aromatic heterocycles. The van der Waals surface area contributed by atoms with Gasteiger partial charge < -0.3 is 9.32 Å². The maximum atomic E-state index is 13.1. The Morgan fingerprint density at radius 2 is 1.75 bits per heavy atom. The molecule has 1 aliphatic rings. The summed E-state index contributed by atoms with van der Waals surface area (Å²) in [6, 6.07) is 6.44. The molecule has 0 bridgehead atoms. The van der Waals surface area contributed by atoms with Crippen LogP contribution in [0.1, 0.15) is 52.3 Å². The number of hydrogen-bond donors (Lipinski definition) is 0. The molecule has 0 N–H and O–H groups in total. The molecule has 2 aromatic rings. The summed E-state index contributed by atoms with van der Waals surface area (Å²) >= 11 is 0. The number of rotatable bonds is 6. The van der Waals surface area contributed by atoms with E-state index >= 15 is 0 Å². The third-order valence-electron chi connectivity index (χ3n) is 5.23. The van der Waals surface area contributed by atoms with E-state index in [1.54, 1.807) is 12.1 Å². The highest BCUT2D eigenvalue weighted by Gasteiger charge is 2.28. The molecular formula is C21H29FN4O2. The van der Waals surface area contributed by atoms with Gasteiger partial charge in [-0.3, -0.25) is 9.69 Å².